The lowest BCUT2D eigenvalue weighted by Gasteiger charge is -2.19. The lowest BCUT2D eigenvalue weighted by molar-refractivity contribution is 0.0437. The minimum Gasteiger partial charge on any atom is -0.466 e. The molecular formula is C21H27IN4O2. The van der Waals surface area contributed by atoms with Crippen molar-refractivity contribution in [2.45, 2.75) is 25.9 Å². The van der Waals surface area contributed by atoms with Crippen LogP contribution in [-0.4, -0.2) is 35.7 Å². The van der Waals surface area contributed by atoms with E-state index in [0.717, 1.165) is 23.9 Å². The first-order chi connectivity index (χ1) is 13.1. The van der Waals surface area contributed by atoms with Crippen LogP contribution >= 0.6 is 24.0 Å². The van der Waals surface area contributed by atoms with Gasteiger partial charge in [0.1, 0.15) is 11.4 Å². The summed E-state index contributed by atoms with van der Waals surface area (Å²) in [5, 5.41) is 18.2. The lowest BCUT2D eigenvalue weighted by Crippen LogP contribution is -2.39. The molecule has 3 N–H and O–H groups in total. The van der Waals surface area contributed by atoms with E-state index < -0.39 is 5.60 Å². The molecule has 0 fully saturated rings. The minimum absolute atomic E-state index is 0. The van der Waals surface area contributed by atoms with Gasteiger partial charge in [-0.2, -0.15) is 0 Å². The monoisotopic (exact) mass is 494 g/mol. The molecule has 28 heavy (non-hydrogen) atoms. The number of aliphatic imine (C=N–C) groups is 1. The van der Waals surface area contributed by atoms with E-state index in [1.54, 1.807) is 25.3 Å². The number of benzene rings is 1. The first kappa shape index (κ1) is 22.2. The van der Waals surface area contributed by atoms with Crippen LogP contribution in [0.4, 0.5) is 0 Å². The van der Waals surface area contributed by atoms with Crippen molar-refractivity contribution in [3.8, 4) is 0 Å². The number of nitrogens with zero attached hydrogens (tertiary/aromatic N) is 2. The molecule has 3 rings (SSSR count). The highest BCUT2D eigenvalue weighted by Crippen LogP contribution is 2.21. The van der Waals surface area contributed by atoms with Crippen LogP contribution in [0.1, 0.15) is 25.2 Å². The number of rotatable bonds is 7. The van der Waals surface area contributed by atoms with E-state index in [9.17, 15) is 5.11 Å². The van der Waals surface area contributed by atoms with Gasteiger partial charge in [-0.3, -0.25) is 4.98 Å². The number of aromatic nitrogens is 1. The van der Waals surface area contributed by atoms with Gasteiger partial charge < -0.3 is 20.2 Å². The summed E-state index contributed by atoms with van der Waals surface area (Å²) in [5.41, 5.74) is 1.08. The fourth-order valence-electron chi connectivity index (χ4n) is 2.92. The van der Waals surface area contributed by atoms with E-state index in [1.807, 2.05) is 19.2 Å². The standard InChI is InChI=1S/C21H26N4O2.HI/c1-3-22-20(25-15-21(2,26)18-10-6-14-27-18)24-13-11-17-8-4-7-16-9-5-12-23-19(16)17;/h4-10,12,14,26H,3,11,13,15H2,1-2H3,(H2,22,24,25);1H. The van der Waals surface area contributed by atoms with Crippen LogP contribution < -0.4 is 10.6 Å². The third-order valence-electron chi connectivity index (χ3n) is 4.34. The number of pyridine rings is 1. The van der Waals surface area contributed by atoms with E-state index in [4.69, 9.17) is 4.42 Å². The molecule has 3 aromatic rings. The second-order valence-corrected chi connectivity index (χ2v) is 6.62. The largest absolute Gasteiger partial charge is 0.466 e. The fraction of sp³-hybridized carbons (Fsp3) is 0.333. The number of furan rings is 1. The van der Waals surface area contributed by atoms with Gasteiger partial charge >= 0.3 is 0 Å². The molecule has 0 bridgehead atoms. The van der Waals surface area contributed by atoms with Gasteiger partial charge in [-0.25, -0.2) is 4.99 Å². The number of hydrogen-bond acceptors (Lipinski definition) is 4. The zero-order chi connectivity index (χ0) is 19.1. The van der Waals surface area contributed by atoms with E-state index in [0.29, 0.717) is 18.3 Å². The van der Waals surface area contributed by atoms with Crippen molar-refractivity contribution in [2.75, 3.05) is 19.6 Å². The maximum absolute atomic E-state index is 10.5. The minimum atomic E-state index is -1.15. The SMILES string of the molecule is CCNC(=NCC(C)(O)c1ccco1)NCCc1cccc2cccnc12.I. The van der Waals surface area contributed by atoms with E-state index in [1.165, 1.54) is 5.56 Å². The molecule has 0 saturated carbocycles. The third-order valence-corrected chi connectivity index (χ3v) is 4.34. The number of fused-ring (bicyclic) bond motifs is 1. The van der Waals surface area contributed by atoms with Crippen LogP contribution in [0.2, 0.25) is 0 Å². The van der Waals surface area contributed by atoms with Crippen molar-refractivity contribution in [3.05, 3.63) is 66.2 Å². The van der Waals surface area contributed by atoms with Crippen molar-refractivity contribution in [3.63, 3.8) is 0 Å². The molecule has 2 aromatic heterocycles. The third kappa shape index (κ3) is 5.68. The van der Waals surface area contributed by atoms with E-state index in [2.05, 4.69) is 44.9 Å². The van der Waals surface area contributed by atoms with Gasteiger partial charge in [-0.1, -0.05) is 24.3 Å². The molecule has 1 atom stereocenters. The highest BCUT2D eigenvalue weighted by atomic mass is 127. The Morgan fingerprint density at radius 3 is 2.75 bits per heavy atom. The molecule has 1 aromatic carbocycles. The molecule has 0 radical (unpaired) electrons. The summed E-state index contributed by atoms with van der Waals surface area (Å²) < 4.78 is 5.30. The van der Waals surface area contributed by atoms with Gasteiger partial charge in [-0.05, 0) is 44.0 Å². The Labute approximate surface area is 182 Å². The molecule has 0 aliphatic rings. The Hall–Kier alpha value is -2.13. The quantitative estimate of drug-likeness (QED) is 0.266. The number of halogens is 1. The van der Waals surface area contributed by atoms with Crippen LogP contribution in [0.5, 0.6) is 0 Å². The summed E-state index contributed by atoms with van der Waals surface area (Å²) in [4.78, 5) is 9.00. The molecule has 150 valence electrons. The van der Waals surface area contributed by atoms with Crippen LogP contribution in [0.15, 0.2) is 64.3 Å². The van der Waals surface area contributed by atoms with Crippen molar-refractivity contribution in [1.29, 1.82) is 0 Å². The van der Waals surface area contributed by atoms with E-state index >= 15 is 0 Å². The summed E-state index contributed by atoms with van der Waals surface area (Å²) >= 11 is 0. The highest BCUT2D eigenvalue weighted by Gasteiger charge is 2.26. The molecule has 7 heteroatoms. The predicted octanol–water partition coefficient (Wildman–Crippen LogP) is 3.45. The van der Waals surface area contributed by atoms with Crippen LogP contribution in [0.3, 0.4) is 0 Å². The molecule has 1 unspecified atom stereocenters. The van der Waals surface area contributed by atoms with Crippen molar-refractivity contribution >= 4 is 40.8 Å². The van der Waals surface area contributed by atoms with Gasteiger partial charge in [0.25, 0.3) is 0 Å². The summed E-state index contributed by atoms with van der Waals surface area (Å²) in [7, 11) is 0. The van der Waals surface area contributed by atoms with Gasteiger partial charge in [0.15, 0.2) is 5.96 Å². The zero-order valence-corrected chi connectivity index (χ0v) is 18.5. The lowest BCUT2D eigenvalue weighted by atomic mass is 10.0. The molecule has 0 saturated heterocycles. The maximum atomic E-state index is 10.5. The predicted molar refractivity (Wildman–Crippen MR) is 123 cm³/mol. The normalized spacial score (nSPS) is 13.6. The van der Waals surface area contributed by atoms with E-state index in [-0.39, 0.29) is 30.5 Å². The fourth-order valence-corrected chi connectivity index (χ4v) is 2.92. The van der Waals surface area contributed by atoms with Crippen molar-refractivity contribution < 1.29 is 9.52 Å². The Kier molecular flexibility index (Phi) is 8.25. The Bertz CT molecular complexity index is 889. The second kappa shape index (κ2) is 10.4. The summed E-state index contributed by atoms with van der Waals surface area (Å²) in [5.74, 6) is 1.17. The number of aliphatic hydroxyl groups is 1. The number of guanidine groups is 1. The first-order valence-electron chi connectivity index (χ1n) is 9.21. The molecule has 0 spiro atoms. The Morgan fingerprint density at radius 2 is 2.00 bits per heavy atom. The number of para-hydroxylation sites is 1. The first-order valence-corrected chi connectivity index (χ1v) is 9.21. The number of nitrogens with one attached hydrogen (secondary N) is 2. The summed E-state index contributed by atoms with van der Waals surface area (Å²) in [6.07, 6.45) is 4.20. The van der Waals surface area contributed by atoms with Crippen LogP contribution in [-0.2, 0) is 12.0 Å². The zero-order valence-electron chi connectivity index (χ0n) is 16.2. The second-order valence-electron chi connectivity index (χ2n) is 6.62. The van der Waals surface area contributed by atoms with Crippen LogP contribution in [0.25, 0.3) is 10.9 Å². The van der Waals surface area contributed by atoms with Gasteiger partial charge in [0.05, 0.1) is 18.3 Å². The Morgan fingerprint density at radius 1 is 1.18 bits per heavy atom. The summed E-state index contributed by atoms with van der Waals surface area (Å²) in [6, 6.07) is 13.8. The molecular weight excluding hydrogens is 467 g/mol. The maximum Gasteiger partial charge on any atom is 0.191 e. The highest BCUT2D eigenvalue weighted by molar-refractivity contribution is 14.0. The molecule has 0 aliphatic heterocycles. The van der Waals surface area contributed by atoms with Gasteiger partial charge in [0.2, 0.25) is 0 Å². The Balaban J connectivity index is 0.00000280. The van der Waals surface area contributed by atoms with Crippen LogP contribution in [0, 0.1) is 0 Å². The smallest absolute Gasteiger partial charge is 0.191 e. The average Bonchev–Trinajstić information content (AvgIpc) is 3.22. The summed E-state index contributed by atoms with van der Waals surface area (Å²) in [6.45, 7) is 5.36. The van der Waals surface area contributed by atoms with Crippen molar-refractivity contribution in [2.24, 2.45) is 4.99 Å². The van der Waals surface area contributed by atoms with Gasteiger partial charge in [0, 0.05) is 24.7 Å². The topological polar surface area (TPSA) is 82.7 Å². The molecule has 2 heterocycles. The average molecular weight is 494 g/mol. The molecule has 0 aliphatic carbocycles. The van der Waals surface area contributed by atoms with Gasteiger partial charge in [-0.15, -0.1) is 24.0 Å². The van der Waals surface area contributed by atoms with Crippen molar-refractivity contribution in [1.82, 2.24) is 15.6 Å². The number of hydrogen-bond donors (Lipinski definition) is 3. The molecule has 6 nitrogen and oxygen atoms in total. The molecule has 0 amide bonds.